The van der Waals surface area contributed by atoms with E-state index in [0.717, 1.165) is 11.1 Å². The summed E-state index contributed by atoms with van der Waals surface area (Å²) in [4.78, 5) is 4.43. The Balaban J connectivity index is 2.07. The molecule has 3 aromatic rings. The summed E-state index contributed by atoms with van der Waals surface area (Å²) in [6, 6.07) is 19.3. The minimum absolute atomic E-state index is 0.505. The van der Waals surface area contributed by atoms with Crippen LogP contribution < -0.4 is 11.3 Å². The zero-order valence-corrected chi connectivity index (χ0v) is 10.7. The summed E-state index contributed by atoms with van der Waals surface area (Å²) >= 11 is 0. The third kappa shape index (κ3) is 2.34. The lowest BCUT2D eigenvalue weighted by Crippen LogP contribution is -2.12. The maximum atomic E-state index is 5.55. The molecule has 0 saturated carbocycles. The first-order valence-corrected chi connectivity index (χ1v) is 6.20. The lowest BCUT2D eigenvalue weighted by Gasteiger charge is -2.08. The van der Waals surface area contributed by atoms with Crippen LogP contribution in [-0.4, -0.2) is 15.2 Å². The number of hydrogen-bond acceptors (Lipinski definition) is 5. The van der Waals surface area contributed by atoms with Gasteiger partial charge in [-0.25, -0.2) is 10.8 Å². The van der Waals surface area contributed by atoms with Gasteiger partial charge in [0.05, 0.1) is 0 Å². The molecule has 0 bridgehead atoms. The highest BCUT2D eigenvalue weighted by atomic mass is 15.3. The summed E-state index contributed by atoms with van der Waals surface area (Å²) in [6.07, 6.45) is 0. The lowest BCUT2D eigenvalue weighted by molar-refractivity contribution is 0.983. The smallest absolute Gasteiger partial charge is 0.183 e. The van der Waals surface area contributed by atoms with Gasteiger partial charge in [0.2, 0.25) is 0 Å². The Labute approximate surface area is 116 Å². The molecule has 0 unspecified atom stereocenters. The fourth-order valence-corrected chi connectivity index (χ4v) is 1.93. The molecule has 0 spiro atoms. The van der Waals surface area contributed by atoms with Crippen LogP contribution in [-0.2, 0) is 0 Å². The molecule has 0 aliphatic heterocycles. The van der Waals surface area contributed by atoms with Gasteiger partial charge in [-0.3, -0.25) is 0 Å². The van der Waals surface area contributed by atoms with Gasteiger partial charge >= 0.3 is 0 Å². The number of nitrogen functional groups attached to an aromatic ring is 1. The van der Waals surface area contributed by atoms with Crippen LogP contribution in [0.3, 0.4) is 0 Å². The number of benzene rings is 2. The molecule has 0 radical (unpaired) electrons. The van der Waals surface area contributed by atoms with E-state index in [-0.39, 0.29) is 0 Å². The van der Waals surface area contributed by atoms with Gasteiger partial charge in [0.1, 0.15) is 5.69 Å². The average molecular weight is 263 g/mol. The van der Waals surface area contributed by atoms with Crippen LogP contribution in [0, 0.1) is 0 Å². The molecular weight excluding hydrogens is 250 g/mol. The monoisotopic (exact) mass is 263 g/mol. The second-order valence-electron chi connectivity index (χ2n) is 4.21. The molecule has 3 N–H and O–H groups in total. The molecule has 20 heavy (non-hydrogen) atoms. The molecule has 5 heteroatoms. The lowest BCUT2D eigenvalue weighted by atomic mass is 10.1. The summed E-state index contributed by atoms with van der Waals surface area (Å²) in [5.41, 5.74) is 5.04. The summed E-state index contributed by atoms with van der Waals surface area (Å²) in [5, 5.41) is 8.42. The van der Waals surface area contributed by atoms with E-state index in [1.165, 1.54) is 0 Å². The molecule has 0 atom stereocenters. The van der Waals surface area contributed by atoms with Crippen molar-refractivity contribution < 1.29 is 0 Å². The second kappa shape index (κ2) is 5.46. The number of hydrazine groups is 1. The number of nitrogens with zero attached hydrogens (tertiary/aromatic N) is 3. The number of aromatic nitrogens is 3. The number of hydrogen-bond donors (Lipinski definition) is 2. The predicted molar refractivity (Wildman–Crippen MR) is 78.5 cm³/mol. The van der Waals surface area contributed by atoms with Gasteiger partial charge in [-0.2, -0.15) is 0 Å². The van der Waals surface area contributed by atoms with Gasteiger partial charge in [-0.05, 0) is 0 Å². The van der Waals surface area contributed by atoms with Crippen molar-refractivity contribution in [1.82, 2.24) is 15.2 Å². The van der Waals surface area contributed by atoms with E-state index in [1.807, 2.05) is 60.7 Å². The largest absolute Gasteiger partial charge is 0.307 e. The number of rotatable bonds is 3. The van der Waals surface area contributed by atoms with Crippen LogP contribution in [0.4, 0.5) is 5.82 Å². The summed E-state index contributed by atoms with van der Waals surface area (Å²) < 4.78 is 0. The highest BCUT2D eigenvalue weighted by molar-refractivity contribution is 5.72. The molecule has 0 aliphatic carbocycles. The molecule has 0 amide bonds. The van der Waals surface area contributed by atoms with Gasteiger partial charge in [-0.15, -0.1) is 10.2 Å². The van der Waals surface area contributed by atoms with Crippen molar-refractivity contribution in [3.8, 4) is 22.6 Å². The third-order valence-corrected chi connectivity index (χ3v) is 2.90. The zero-order valence-electron chi connectivity index (χ0n) is 10.7. The topological polar surface area (TPSA) is 76.7 Å². The van der Waals surface area contributed by atoms with Crippen molar-refractivity contribution in [2.45, 2.75) is 0 Å². The SMILES string of the molecule is NNc1nc(-c2ccccc2)nnc1-c1ccccc1. The molecule has 1 heterocycles. The van der Waals surface area contributed by atoms with E-state index >= 15 is 0 Å². The van der Waals surface area contributed by atoms with Gasteiger partial charge in [0.15, 0.2) is 11.6 Å². The molecule has 0 saturated heterocycles. The molecule has 0 aliphatic rings. The third-order valence-electron chi connectivity index (χ3n) is 2.90. The Hall–Kier alpha value is -2.79. The number of anilines is 1. The van der Waals surface area contributed by atoms with Crippen molar-refractivity contribution >= 4 is 5.82 Å². The van der Waals surface area contributed by atoms with Crippen molar-refractivity contribution in [3.63, 3.8) is 0 Å². The van der Waals surface area contributed by atoms with Gasteiger partial charge in [0, 0.05) is 11.1 Å². The van der Waals surface area contributed by atoms with Crippen LogP contribution in [0.5, 0.6) is 0 Å². The Morgan fingerprint density at radius 3 is 1.95 bits per heavy atom. The van der Waals surface area contributed by atoms with Crippen LogP contribution in [0.2, 0.25) is 0 Å². The molecule has 5 nitrogen and oxygen atoms in total. The van der Waals surface area contributed by atoms with Crippen LogP contribution in [0.1, 0.15) is 0 Å². The molecule has 98 valence electrons. The Morgan fingerprint density at radius 1 is 0.750 bits per heavy atom. The normalized spacial score (nSPS) is 10.2. The van der Waals surface area contributed by atoms with Crippen LogP contribution >= 0.6 is 0 Å². The van der Waals surface area contributed by atoms with Crippen molar-refractivity contribution in [1.29, 1.82) is 0 Å². The number of nitrogens with one attached hydrogen (secondary N) is 1. The summed E-state index contributed by atoms with van der Waals surface area (Å²) in [6.45, 7) is 0. The maximum absolute atomic E-state index is 5.55. The maximum Gasteiger partial charge on any atom is 0.183 e. The first kappa shape index (κ1) is 12.3. The highest BCUT2D eigenvalue weighted by Crippen LogP contribution is 2.24. The van der Waals surface area contributed by atoms with E-state index in [2.05, 4.69) is 20.6 Å². The zero-order chi connectivity index (χ0) is 13.8. The molecular formula is C15H13N5. The first-order valence-electron chi connectivity index (χ1n) is 6.20. The number of nitrogens with two attached hydrogens (primary N) is 1. The summed E-state index contributed by atoms with van der Waals surface area (Å²) in [7, 11) is 0. The summed E-state index contributed by atoms with van der Waals surface area (Å²) in [5.74, 6) is 6.60. The van der Waals surface area contributed by atoms with E-state index < -0.39 is 0 Å². The fraction of sp³-hybridized carbons (Fsp3) is 0. The second-order valence-corrected chi connectivity index (χ2v) is 4.21. The van der Waals surface area contributed by atoms with Crippen LogP contribution in [0.25, 0.3) is 22.6 Å². The van der Waals surface area contributed by atoms with Crippen LogP contribution in [0.15, 0.2) is 60.7 Å². The van der Waals surface area contributed by atoms with E-state index in [1.54, 1.807) is 0 Å². The van der Waals surface area contributed by atoms with E-state index in [0.29, 0.717) is 17.3 Å². The molecule has 1 aromatic heterocycles. The van der Waals surface area contributed by atoms with Crippen molar-refractivity contribution in [2.24, 2.45) is 5.84 Å². The van der Waals surface area contributed by atoms with Gasteiger partial charge in [0.25, 0.3) is 0 Å². The Bertz CT molecular complexity index is 698. The average Bonchev–Trinajstić information content (AvgIpc) is 2.56. The Morgan fingerprint density at radius 2 is 1.35 bits per heavy atom. The minimum atomic E-state index is 0.505. The standard InChI is InChI=1S/C15H13N5/c16-18-15-13(11-7-3-1-4-8-11)19-20-14(17-15)12-9-5-2-6-10-12/h1-10H,16H2,(H,17,18,20). The van der Waals surface area contributed by atoms with Crippen molar-refractivity contribution in [2.75, 3.05) is 5.43 Å². The predicted octanol–water partition coefficient (Wildman–Crippen LogP) is 2.49. The Kier molecular flexibility index (Phi) is 3.34. The van der Waals surface area contributed by atoms with Crippen molar-refractivity contribution in [3.05, 3.63) is 60.7 Å². The molecule has 0 fully saturated rings. The molecule has 3 rings (SSSR count). The van der Waals surface area contributed by atoms with E-state index in [9.17, 15) is 0 Å². The highest BCUT2D eigenvalue weighted by Gasteiger charge is 2.11. The molecule has 2 aromatic carbocycles. The quantitative estimate of drug-likeness (QED) is 0.561. The minimum Gasteiger partial charge on any atom is -0.307 e. The first-order chi connectivity index (χ1) is 9.88. The fourth-order valence-electron chi connectivity index (χ4n) is 1.93. The van der Waals surface area contributed by atoms with Gasteiger partial charge in [-0.1, -0.05) is 60.7 Å². The van der Waals surface area contributed by atoms with E-state index in [4.69, 9.17) is 5.84 Å². The van der Waals surface area contributed by atoms with Gasteiger partial charge < -0.3 is 5.43 Å².